The van der Waals surface area contributed by atoms with Crippen LogP contribution in [-0.4, -0.2) is 21.1 Å². The lowest BCUT2D eigenvalue weighted by atomic mass is 9.79. The summed E-state index contributed by atoms with van der Waals surface area (Å²) in [6.07, 6.45) is 0.178. The molecule has 0 fully saturated rings. The number of fused-ring (bicyclic) bond motifs is 1. The summed E-state index contributed by atoms with van der Waals surface area (Å²) >= 11 is 0. The number of halogens is 3. The van der Waals surface area contributed by atoms with E-state index >= 15 is 0 Å². The Morgan fingerprint density at radius 1 is 1.20 bits per heavy atom. The number of hydrogen-bond acceptors (Lipinski definition) is 2. The Balaban J connectivity index is 2.56. The third kappa shape index (κ3) is 1.76. The molecule has 0 unspecified atom stereocenters. The molecule has 1 aliphatic heterocycles. The zero-order valence-corrected chi connectivity index (χ0v) is 8.40. The van der Waals surface area contributed by atoms with Crippen molar-refractivity contribution in [1.29, 1.82) is 0 Å². The van der Waals surface area contributed by atoms with E-state index in [2.05, 4.69) is 0 Å². The Kier molecular flexibility index (Phi) is 2.11. The van der Waals surface area contributed by atoms with Crippen molar-refractivity contribution >= 4 is 22.3 Å². The van der Waals surface area contributed by atoms with Crippen LogP contribution in [0.2, 0.25) is 0 Å². The van der Waals surface area contributed by atoms with E-state index in [1.807, 2.05) is 0 Å². The van der Waals surface area contributed by atoms with E-state index in [1.54, 1.807) is 0 Å². The summed E-state index contributed by atoms with van der Waals surface area (Å²) in [6.45, 7) is -5.05. The molecule has 0 saturated heterocycles. The normalized spacial score (nSPS) is 18.9. The van der Waals surface area contributed by atoms with Crippen molar-refractivity contribution in [3.05, 3.63) is 23.8 Å². The number of benzene rings is 1. The monoisotopic (exact) mass is 235 g/mol. The van der Waals surface area contributed by atoms with Crippen LogP contribution in [0.1, 0.15) is 5.56 Å². The van der Waals surface area contributed by atoms with Gasteiger partial charge in [0.1, 0.15) is 0 Å². The first-order valence-electron chi connectivity index (χ1n) is 4.36. The Morgan fingerprint density at radius 2 is 1.87 bits per heavy atom. The lowest BCUT2D eigenvalue weighted by molar-refractivity contribution is 0.501. The first kappa shape index (κ1) is 10.5. The van der Waals surface area contributed by atoms with Crippen LogP contribution in [0, 0.1) is 0 Å². The van der Waals surface area contributed by atoms with E-state index in [0.717, 1.165) is 18.2 Å². The molecule has 0 amide bonds. The second-order valence-corrected chi connectivity index (χ2v) is 5.59. The van der Waals surface area contributed by atoms with Gasteiger partial charge in [-0.05, 0) is 18.1 Å². The Morgan fingerprint density at radius 3 is 2.47 bits per heavy atom. The van der Waals surface area contributed by atoms with Crippen molar-refractivity contribution in [2.24, 2.45) is 0 Å². The third-order valence-electron chi connectivity index (χ3n) is 2.44. The Bertz CT molecular complexity index is 507. The quantitative estimate of drug-likeness (QED) is 0.682. The van der Waals surface area contributed by atoms with Gasteiger partial charge in [0.25, 0.3) is 0 Å². The van der Waals surface area contributed by atoms with Crippen LogP contribution in [0.25, 0.3) is 0 Å². The summed E-state index contributed by atoms with van der Waals surface area (Å²) in [5, 5.41) is 0. The smallest absolute Gasteiger partial charge is 0.445 e. The fraction of sp³-hybridized carbons (Fsp3) is 0.250. The highest BCUT2D eigenvalue weighted by atomic mass is 32.2. The molecule has 0 radical (unpaired) electrons. The van der Waals surface area contributed by atoms with Crippen molar-refractivity contribution in [3.63, 3.8) is 0 Å². The summed E-state index contributed by atoms with van der Waals surface area (Å²) in [6, 6.07) is 2.84. The topological polar surface area (TPSA) is 34.1 Å². The van der Waals surface area contributed by atoms with Gasteiger partial charge in [-0.1, -0.05) is 12.1 Å². The van der Waals surface area contributed by atoms with Gasteiger partial charge in [-0.25, -0.2) is 8.42 Å². The van der Waals surface area contributed by atoms with Gasteiger partial charge in [-0.2, -0.15) is 0 Å². The molecule has 1 heterocycles. The van der Waals surface area contributed by atoms with Crippen molar-refractivity contribution in [1.82, 2.24) is 0 Å². The van der Waals surface area contributed by atoms with Gasteiger partial charge < -0.3 is 12.9 Å². The zero-order chi connectivity index (χ0) is 11.3. The molecule has 0 bridgehead atoms. The summed E-state index contributed by atoms with van der Waals surface area (Å²) in [5.41, 5.74) is -0.447. The minimum absolute atomic E-state index is 0.0475. The molecule has 1 aliphatic rings. The maximum atomic E-state index is 12.4. The van der Waals surface area contributed by atoms with E-state index < -0.39 is 22.3 Å². The van der Waals surface area contributed by atoms with Crippen LogP contribution >= 0.6 is 0 Å². The highest BCUT2D eigenvalue weighted by molar-refractivity contribution is 7.91. The second-order valence-electron chi connectivity index (χ2n) is 3.51. The molecule has 0 atom stereocenters. The van der Waals surface area contributed by atoms with Gasteiger partial charge in [-0.3, -0.25) is 0 Å². The molecule has 2 nitrogen and oxygen atoms in total. The van der Waals surface area contributed by atoms with Gasteiger partial charge >= 0.3 is 6.98 Å². The fourth-order valence-corrected chi connectivity index (χ4v) is 3.20. The summed E-state index contributed by atoms with van der Waals surface area (Å²) < 4.78 is 59.8. The van der Waals surface area contributed by atoms with Crippen LogP contribution in [0.5, 0.6) is 0 Å². The predicted molar refractivity (Wildman–Crippen MR) is 50.9 cm³/mol. The fourth-order valence-electron chi connectivity index (χ4n) is 1.66. The molecular formula is C8H7BF3O2S-. The maximum absolute atomic E-state index is 12.4. The standard InChI is InChI=1S/C8H7BF3O2S/c10-9(11,12)7-1-2-8-6(5-7)3-4-15(8,13)14/h1-2,5H,3-4H2/q-1. The molecule has 1 aromatic rings. The van der Waals surface area contributed by atoms with Crippen molar-refractivity contribution in [2.75, 3.05) is 5.75 Å². The van der Waals surface area contributed by atoms with Crippen molar-refractivity contribution in [3.8, 4) is 0 Å². The average Bonchev–Trinajstić information content (AvgIpc) is 2.41. The summed E-state index contributed by atoms with van der Waals surface area (Å²) in [7, 11) is -3.33. The summed E-state index contributed by atoms with van der Waals surface area (Å²) in [4.78, 5) is 0.0475. The molecule has 2 rings (SSSR count). The SMILES string of the molecule is O=S1(=O)CCc2cc([B-](F)(F)F)ccc21. The van der Waals surface area contributed by atoms with E-state index in [1.165, 1.54) is 0 Å². The molecule has 1 aromatic carbocycles. The molecule has 0 spiro atoms. The Labute approximate surface area is 85.1 Å². The average molecular weight is 235 g/mol. The molecule has 0 saturated carbocycles. The van der Waals surface area contributed by atoms with E-state index in [9.17, 15) is 21.4 Å². The van der Waals surface area contributed by atoms with Gasteiger partial charge in [-0.15, -0.1) is 5.46 Å². The second kappa shape index (κ2) is 3.01. The minimum atomic E-state index is -5.05. The highest BCUT2D eigenvalue weighted by Crippen LogP contribution is 2.25. The number of sulfone groups is 1. The lowest BCUT2D eigenvalue weighted by Gasteiger charge is -2.15. The zero-order valence-electron chi connectivity index (χ0n) is 7.58. The largest absolute Gasteiger partial charge is 0.509 e. The third-order valence-corrected chi connectivity index (χ3v) is 4.25. The first-order valence-corrected chi connectivity index (χ1v) is 6.01. The van der Waals surface area contributed by atoms with Crippen LogP contribution in [0.3, 0.4) is 0 Å². The molecule has 15 heavy (non-hydrogen) atoms. The number of rotatable bonds is 1. The first-order chi connectivity index (χ1) is 6.81. The Hall–Kier alpha value is -0.975. The molecule has 0 aromatic heterocycles. The highest BCUT2D eigenvalue weighted by Gasteiger charge is 2.30. The minimum Gasteiger partial charge on any atom is -0.445 e. The summed E-state index contributed by atoms with van der Waals surface area (Å²) in [5.74, 6) is -0.0867. The van der Waals surface area contributed by atoms with Gasteiger partial charge in [0.15, 0.2) is 9.84 Å². The van der Waals surface area contributed by atoms with E-state index in [4.69, 9.17) is 0 Å². The molecule has 0 N–H and O–H groups in total. The molecule has 0 aliphatic carbocycles. The van der Waals surface area contributed by atoms with E-state index in [0.29, 0.717) is 0 Å². The molecule has 7 heteroatoms. The molecule has 82 valence electrons. The van der Waals surface area contributed by atoms with Crippen LogP contribution in [-0.2, 0) is 16.3 Å². The van der Waals surface area contributed by atoms with Gasteiger partial charge in [0.05, 0.1) is 10.6 Å². The molecular weight excluding hydrogens is 228 g/mol. The van der Waals surface area contributed by atoms with Crippen LogP contribution < -0.4 is 5.46 Å². The predicted octanol–water partition coefficient (Wildman–Crippen LogP) is 1.07. The maximum Gasteiger partial charge on any atom is 0.509 e. The lowest BCUT2D eigenvalue weighted by Crippen LogP contribution is -2.34. The van der Waals surface area contributed by atoms with Crippen LogP contribution in [0.4, 0.5) is 12.9 Å². The van der Waals surface area contributed by atoms with Crippen molar-refractivity contribution < 1.29 is 21.4 Å². The number of hydrogen-bond donors (Lipinski definition) is 0. The van der Waals surface area contributed by atoms with Gasteiger partial charge in [0.2, 0.25) is 0 Å². The van der Waals surface area contributed by atoms with Crippen LogP contribution in [0.15, 0.2) is 23.1 Å². The van der Waals surface area contributed by atoms with Crippen molar-refractivity contribution in [2.45, 2.75) is 11.3 Å². The number of aryl methyl sites for hydroxylation is 1. The van der Waals surface area contributed by atoms with E-state index in [-0.39, 0.29) is 22.6 Å². The van der Waals surface area contributed by atoms with Gasteiger partial charge in [0, 0.05) is 0 Å².